The summed E-state index contributed by atoms with van der Waals surface area (Å²) in [5.41, 5.74) is 16.2. The van der Waals surface area contributed by atoms with E-state index in [1.165, 1.54) is 33.0 Å². The van der Waals surface area contributed by atoms with Gasteiger partial charge in [-0.15, -0.1) is 0 Å². The molecule has 9 rings (SSSR count). The topological polar surface area (TPSA) is 38.7 Å². The molecule has 0 aliphatic carbocycles. The van der Waals surface area contributed by atoms with E-state index in [-0.39, 0.29) is 0 Å². The molecule has 3 nitrogen and oxygen atoms in total. The first-order chi connectivity index (χ1) is 26.5. The van der Waals surface area contributed by atoms with Crippen molar-refractivity contribution in [3.63, 3.8) is 0 Å². The van der Waals surface area contributed by atoms with Crippen LogP contribution < -0.4 is 0 Å². The summed E-state index contributed by atoms with van der Waals surface area (Å²) in [6.45, 7) is 4.09. The molecule has 7 aromatic carbocycles. The number of rotatable bonds is 7. The maximum Gasteiger partial charge on any atom is 0.160 e. The highest BCUT2D eigenvalue weighted by molar-refractivity contribution is 5.89. The van der Waals surface area contributed by atoms with E-state index in [9.17, 15) is 0 Å². The van der Waals surface area contributed by atoms with E-state index >= 15 is 0 Å². The molecule has 256 valence electrons. The van der Waals surface area contributed by atoms with Crippen molar-refractivity contribution in [1.82, 2.24) is 15.0 Å². The lowest BCUT2D eigenvalue weighted by Gasteiger charge is -2.14. The highest BCUT2D eigenvalue weighted by Gasteiger charge is 2.14. The summed E-state index contributed by atoms with van der Waals surface area (Å²) in [5, 5.41) is 2.43. The molecule has 9 aromatic rings. The molecular formula is C51H37N3. The molecule has 0 fully saturated rings. The minimum Gasteiger partial charge on any atom is -0.258 e. The molecule has 0 aliphatic heterocycles. The molecule has 0 aliphatic rings. The SMILES string of the molecule is Cc1cc(-c2ccc(-c3ccc(-c4cc(-c5ccc6ccccc6c5)cc(-c5nc(-c6ccccc6)cc(-c6ccccc6)n5)c4)cc3)cc2)cc(C)n1. The van der Waals surface area contributed by atoms with Crippen LogP contribution >= 0.6 is 0 Å². The Morgan fingerprint density at radius 1 is 0.259 bits per heavy atom. The van der Waals surface area contributed by atoms with Crippen LogP contribution in [0.15, 0.2) is 188 Å². The van der Waals surface area contributed by atoms with Gasteiger partial charge in [-0.1, -0.05) is 146 Å². The van der Waals surface area contributed by atoms with Crippen molar-refractivity contribution >= 4 is 10.8 Å². The van der Waals surface area contributed by atoms with Gasteiger partial charge in [-0.25, -0.2) is 9.97 Å². The van der Waals surface area contributed by atoms with Crippen molar-refractivity contribution < 1.29 is 0 Å². The molecule has 0 atom stereocenters. The summed E-state index contributed by atoms with van der Waals surface area (Å²) in [6.07, 6.45) is 0. The Morgan fingerprint density at radius 3 is 1.20 bits per heavy atom. The van der Waals surface area contributed by atoms with E-state index in [0.29, 0.717) is 5.82 Å². The Bertz CT molecular complexity index is 2670. The van der Waals surface area contributed by atoms with Crippen LogP contribution in [0.4, 0.5) is 0 Å². The summed E-state index contributed by atoms with van der Waals surface area (Å²) in [6, 6.07) is 66.7. The van der Waals surface area contributed by atoms with Crippen LogP contribution in [0.5, 0.6) is 0 Å². The number of nitrogens with zero attached hydrogens (tertiary/aromatic N) is 3. The lowest BCUT2D eigenvalue weighted by Crippen LogP contribution is -1.97. The molecule has 0 saturated carbocycles. The number of aromatic nitrogens is 3. The fourth-order valence-corrected chi connectivity index (χ4v) is 7.26. The van der Waals surface area contributed by atoms with Crippen LogP contribution in [0.2, 0.25) is 0 Å². The van der Waals surface area contributed by atoms with E-state index in [1.807, 2.05) is 26.0 Å². The first-order valence-electron chi connectivity index (χ1n) is 18.3. The molecular weight excluding hydrogens is 655 g/mol. The molecule has 54 heavy (non-hydrogen) atoms. The van der Waals surface area contributed by atoms with Gasteiger partial charge in [0.1, 0.15) is 0 Å². The first-order valence-corrected chi connectivity index (χ1v) is 18.3. The zero-order valence-electron chi connectivity index (χ0n) is 30.2. The van der Waals surface area contributed by atoms with Crippen LogP contribution in [0, 0.1) is 13.8 Å². The average Bonchev–Trinajstić information content (AvgIpc) is 3.23. The van der Waals surface area contributed by atoms with Crippen LogP contribution in [-0.4, -0.2) is 15.0 Å². The van der Waals surface area contributed by atoms with Gasteiger partial charge in [0.15, 0.2) is 5.82 Å². The van der Waals surface area contributed by atoms with E-state index in [4.69, 9.17) is 9.97 Å². The van der Waals surface area contributed by atoms with E-state index in [2.05, 4.69) is 181 Å². The number of hydrogen-bond acceptors (Lipinski definition) is 3. The predicted molar refractivity (Wildman–Crippen MR) is 225 cm³/mol. The second-order valence-corrected chi connectivity index (χ2v) is 13.8. The highest BCUT2D eigenvalue weighted by Crippen LogP contribution is 2.36. The molecule has 3 heteroatoms. The minimum atomic E-state index is 0.690. The second-order valence-electron chi connectivity index (χ2n) is 13.8. The molecule has 0 amide bonds. The van der Waals surface area contributed by atoms with Crippen molar-refractivity contribution in [1.29, 1.82) is 0 Å². The van der Waals surface area contributed by atoms with Gasteiger partial charge in [0.2, 0.25) is 0 Å². The van der Waals surface area contributed by atoms with Gasteiger partial charge in [0.25, 0.3) is 0 Å². The summed E-state index contributed by atoms with van der Waals surface area (Å²) < 4.78 is 0. The summed E-state index contributed by atoms with van der Waals surface area (Å²) in [4.78, 5) is 14.9. The fraction of sp³-hybridized carbons (Fsp3) is 0.0392. The maximum atomic E-state index is 5.20. The third-order valence-electron chi connectivity index (χ3n) is 9.99. The third kappa shape index (κ3) is 6.83. The Balaban J connectivity index is 1.14. The quantitative estimate of drug-likeness (QED) is 0.167. The number of aryl methyl sites for hydroxylation is 2. The molecule has 0 unspecified atom stereocenters. The van der Waals surface area contributed by atoms with Crippen LogP contribution in [0.1, 0.15) is 11.4 Å². The lowest BCUT2D eigenvalue weighted by molar-refractivity contribution is 1.12. The third-order valence-corrected chi connectivity index (χ3v) is 9.99. The van der Waals surface area contributed by atoms with E-state index < -0.39 is 0 Å². The number of fused-ring (bicyclic) bond motifs is 1. The molecule has 0 bridgehead atoms. The Kier molecular flexibility index (Phi) is 8.66. The van der Waals surface area contributed by atoms with Crippen molar-refractivity contribution in [3.05, 3.63) is 199 Å². The molecule has 0 saturated heterocycles. The molecule has 2 heterocycles. The first kappa shape index (κ1) is 32.9. The van der Waals surface area contributed by atoms with Crippen molar-refractivity contribution in [2.45, 2.75) is 13.8 Å². The van der Waals surface area contributed by atoms with E-state index in [0.717, 1.165) is 61.7 Å². The number of hydrogen-bond donors (Lipinski definition) is 0. The fourth-order valence-electron chi connectivity index (χ4n) is 7.26. The monoisotopic (exact) mass is 691 g/mol. The largest absolute Gasteiger partial charge is 0.258 e. The van der Waals surface area contributed by atoms with Gasteiger partial charge in [-0.3, -0.25) is 4.98 Å². The van der Waals surface area contributed by atoms with Gasteiger partial charge >= 0.3 is 0 Å². The summed E-state index contributed by atoms with van der Waals surface area (Å²) >= 11 is 0. The smallest absolute Gasteiger partial charge is 0.160 e. The standard InChI is InChI=1S/C51H37N3/c1-34-27-45(28-35(2)52-34)39-21-17-37(18-22-39)38-19-23-40(24-20-38)46-30-47(44-26-25-36-11-9-10-16-43(36)29-44)32-48(31-46)51-53-49(41-12-5-3-6-13-41)33-50(54-51)42-14-7-4-8-15-42/h3-33H,1-2H3. The highest BCUT2D eigenvalue weighted by atomic mass is 14.9. The lowest BCUT2D eigenvalue weighted by atomic mass is 9.93. The summed E-state index contributed by atoms with van der Waals surface area (Å²) in [5.74, 6) is 0.690. The minimum absolute atomic E-state index is 0.690. The Morgan fingerprint density at radius 2 is 0.667 bits per heavy atom. The van der Waals surface area contributed by atoms with Crippen LogP contribution in [-0.2, 0) is 0 Å². The van der Waals surface area contributed by atoms with E-state index in [1.54, 1.807) is 0 Å². The van der Waals surface area contributed by atoms with Crippen molar-refractivity contribution in [2.24, 2.45) is 0 Å². The zero-order valence-corrected chi connectivity index (χ0v) is 30.2. The molecule has 0 radical (unpaired) electrons. The molecule has 0 N–H and O–H groups in total. The molecule has 0 spiro atoms. The zero-order chi connectivity index (χ0) is 36.4. The number of pyridine rings is 1. The van der Waals surface area contributed by atoms with Crippen molar-refractivity contribution in [2.75, 3.05) is 0 Å². The van der Waals surface area contributed by atoms with Gasteiger partial charge in [-0.05, 0) is 112 Å². The second kappa shape index (κ2) is 14.2. The normalized spacial score (nSPS) is 11.1. The number of benzene rings is 7. The molecule has 2 aromatic heterocycles. The Labute approximate surface area is 316 Å². The predicted octanol–water partition coefficient (Wildman–Crippen LogP) is 13.3. The average molecular weight is 692 g/mol. The maximum absolute atomic E-state index is 5.20. The van der Waals surface area contributed by atoms with Crippen molar-refractivity contribution in [3.8, 4) is 78.4 Å². The van der Waals surface area contributed by atoms with Gasteiger partial charge in [0.05, 0.1) is 11.4 Å². The van der Waals surface area contributed by atoms with Gasteiger partial charge in [-0.2, -0.15) is 0 Å². The van der Waals surface area contributed by atoms with Crippen LogP contribution in [0.3, 0.4) is 0 Å². The summed E-state index contributed by atoms with van der Waals surface area (Å²) in [7, 11) is 0. The Hall–Kier alpha value is -6.97. The van der Waals surface area contributed by atoms with Gasteiger partial charge in [0, 0.05) is 28.1 Å². The van der Waals surface area contributed by atoms with Crippen LogP contribution in [0.25, 0.3) is 89.2 Å². The van der Waals surface area contributed by atoms with Gasteiger partial charge < -0.3 is 0 Å².